The molecule has 1 atom stereocenters. The van der Waals surface area contributed by atoms with Crippen molar-refractivity contribution in [2.45, 2.75) is 37.3 Å². The first kappa shape index (κ1) is 15.3. The average molecular weight is 280 g/mol. The molecule has 0 amide bonds. The first-order chi connectivity index (χ1) is 8.84. The summed E-state index contributed by atoms with van der Waals surface area (Å²) in [5.74, 6) is -0.551. The molecule has 0 radical (unpaired) electrons. The second kappa shape index (κ2) is 5.91. The summed E-state index contributed by atoms with van der Waals surface area (Å²) in [6, 6.07) is 6.34. The highest BCUT2D eigenvalue weighted by Gasteiger charge is 2.38. The molecule has 0 aliphatic heterocycles. The van der Waals surface area contributed by atoms with E-state index in [0.717, 1.165) is 5.56 Å². The number of rotatable bonds is 5. The smallest absolute Gasteiger partial charge is 0.352 e. The largest absolute Gasteiger partial charge is 0.361 e. The number of aryl methyl sites for hydroxylation is 1. The third-order valence-electron chi connectivity index (χ3n) is 2.87. The molecule has 0 N–H and O–H groups in total. The van der Waals surface area contributed by atoms with Crippen molar-refractivity contribution >= 4 is 21.3 Å². The number of carbonyl (C=O) groups is 1. The van der Waals surface area contributed by atoms with Gasteiger partial charge < -0.3 is 5.53 Å². The molecule has 0 spiro atoms. The number of sulfone groups is 1. The van der Waals surface area contributed by atoms with E-state index >= 15 is 0 Å². The van der Waals surface area contributed by atoms with E-state index in [9.17, 15) is 13.2 Å². The minimum Gasteiger partial charge on any atom is -0.361 e. The van der Waals surface area contributed by atoms with Crippen molar-refractivity contribution in [1.82, 2.24) is 0 Å². The van der Waals surface area contributed by atoms with Crippen LogP contribution < -0.4 is 0 Å². The van der Waals surface area contributed by atoms with Crippen LogP contribution in [0.1, 0.15) is 25.8 Å². The van der Waals surface area contributed by atoms with Crippen LogP contribution >= 0.6 is 0 Å². The van der Waals surface area contributed by atoms with Gasteiger partial charge in [-0.2, -0.15) is 4.79 Å². The molecule has 1 unspecified atom stereocenters. The molecule has 102 valence electrons. The van der Waals surface area contributed by atoms with Crippen molar-refractivity contribution in [3.63, 3.8) is 0 Å². The molecular formula is C13H16N2O3S. The van der Waals surface area contributed by atoms with Crippen molar-refractivity contribution in [2.24, 2.45) is 0 Å². The molecule has 1 aromatic carbocycles. The van der Waals surface area contributed by atoms with Gasteiger partial charge in [-0.3, -0.25) is 4.79 Å². The molecule has 0 aromatic heterocycles. The number of hydrogen-bond donors (Lipinski definition) is 0. The molecular weight excluding hydrogens is 264 g/mol. The van der Waals surface area contributed by atoms with Crippen molar-refractivity contribution in [2.75, 3.05) is 0 Å². The number of nitrogens with zero attached hydrogens (tertiary/aromatic N) is 2. The van der Waals surface area contributed by atoms with Crippen molar-refractivity contribution in [3.05, 3.63) is 35.4 Å². The Morgan fingerprint density at radius 3 is 2.21 bits per heavy atom. The fourth-order valence-corrected chi connectivity index (χ4v) is 3.60. The van der Waals surface area contributed by atoms with Gasteiger partial charge in [-0.25, -0.2) is 8.42 Å². The van der Waals surface area contributed by atoms with E-state index < -0.39 is 20.9 Å². The van der Waals surface area contributed by atoms with Gasteiger partial charge in [0, 0.05) is 6.92 Å². The second-order valence-corrected chi connectivity index (χ2v) is 6.43. The summed E-state index contributed by atoms with van der Waals surface area (Å²) < 4.78 is 24.9. The topological polar surface area (TPSA) is 87.6 Å². The van der Waals surface area contributed by atoms with E-state index in [-0.39, 0.29) is 17.0 Å². The molecule has 0 fully saturated rings. The van der Waals surface area contributed by atoms with Gasteiger partial charge in [0.15, 0.2) is 15.1 Å². The van der Waals surface area contributed by atoms with Gasteiger partial charge in [0.2, 0.25) is 5.78 Å². The number of benzene rings is 1. The number of carbonyl (C=O) groups excluding carboxylic acids is 1. The summed E-state index contributed by atoms with van der Waals surface area (Å²) in [7, 11) is -3.74. The second-order valence-electron chi connectivity index (χ2n) is 4.30. The molecule has 0 heterocycles. The highest BCUT2D eigenvalue weighted by Crippen LogP contribution is 2.20. The average Bonchev–Trinajstić information content (AvgIpc) is 2.35. The lowest BCUT2D eigenvalue weighted by molar-refractivity contribution is -0.115. The molecule has 6 heteroatoms. The maximum Gasteiger partial charge on any atom is 0.352 e. The van der Waals surface area contributed by atoms with Crippen LogP contribution in [0.5, 0.6) is 0 Å². The van der Waals surface area contributed by atoms with Crippen LogP contribution in [-0.4, -0.2) is 30.0 Å². The zero-order chi connectivity index (χ0) is 14.6. The third-order valence-corrected chi connectivity index (χ3v) is 5.10. The Balaban J connectivity index is 3.35. The fraction of sp³-hybridized carbons (Fsp3) is 0.385. The maximum absolute atomic E-state index is 12.4. The standard InChI is InChI=1S/C13H16N2O3S/c1-4-12(13(15-14)10(3)16)19(17,18)11-7-5-9(2)6-8-11/h5-8,12H,4H2,1-3H3. The van der Waals surface area contributed by atoms with Crippen LogP contribution in [0, 0.1) is 6.92 Å². The summed E-state index contributed by atoms with van der Waals surface area (Å²) in [5, 5.41) is -1.13. The van der Waals surface area contributed by atoms with Gasteiger partial charge in [0.05, 0.1) is 4.90 Å². The maximum atomic E-state index is 12.4. The van der Waals surface area contributed by atoms with Crippen LogP contribution in [0.4, 0.5) is 0 Å². The van der Waals surface area contributed by atoms with E-state index in [1.807, 2.05) is 6.92 Å². The Labute approximate surface area is 112 Å². The van der Waals surface area contributed by atoms with E-state index in [2.05, 4.69) is 4.79 Å². The number of hydrogen-bond acceptors (Lipinski definition) is 3. The minimum atomic E-state index is -3.74. The monoisotopic (exact) mass is 280 g/mol. The molecule has 0 aliphatic rings. The zero-order valence-corrected chi connectivity index (χ0v) is 11.9. The van der Waals surface area contributed by atoms with E-state index in [1.165, 1.54) is 19.1 Å². The van der Waals surface area contributed by atoms with E-state index in [0.29, 0.717) is 0 Å². The predicted molar refractivity (Wildman–Crippen MR) is 71.8 cm³/mol. The zero-order valence-electron chi connectivity index (χ0n) is 11.1. The summed E-state index contributed by atoms with van der Waals surface area (Å²) in [6.45, 7) is 4.66. The predicted octanol–water partition coefficient (Wildman–Crippen LogP) is 1.81. The molecule has 0 saturated heterocycles. The number of ketones is 1. The fourth-order valence-electron chi connectivity index (χ4n) is 1.81. The molecule has 0 aliphatic carbocycles. The Hall–Kier alpha value is -1.78. The van der Waals surface area contributed by atoms with Gasteiger partial charge in [-0.05, 0) is 25.5 Å². The summed E-state index contributed by atoms with van der Waals surface area (Å²) in [5.41, 5.74) is 9.46. The SMILES string of the molecule is CCC(C(=[N+]=[N-])C(C)=O)S(=O)(=O)c1ccc(C)cc1. The van der Waals surface area contributed by atoms with Gasteiger partial charge in [-0.1, -0.05) is 24.6 Å². The quantitative estimate of drug-likeness (QED) is 0.468. The summed E-state index contributed by atoms with van der Waals surface area (Å²) in [6.07, 6.45) is 0.162. The Kier molecular flexibility index (Phi) is 4.75. The van der Waals surface area contributed by atoms with Crippen LogP contribution in [0.15, 0.2) is 29.2 Å². The van der Waals surface area contributed by atoms with Crippen molar-refractivity contribution < 1.29 is 18.0 Å². The first-order valence-electron chi connectivity index (χ1n) is 5.88. The van der Waals surface area contributed by atoms with Crippen molar-refractivity contribution in [1.29, 1.82) is 0 Å². The molecule has 1 aromatic rings. The van der Waals surface area contributed by atoms with Gasteiger partial charge in [0.25, 0.3) is 0 Å². The molecule has 1 rings (SSSR count). The Morgan fingerprint density at radius 2 is 1.84 bits per heavy atom. The van der Waals surface area contributed by atoms with Crippen LogP contribution in [0.25, 0.3) is 5.53 Å². The van der Waals surface area contributed by atoms with Gasteiger partial charge in [0.1, 0.15) is 0 Å². The third kappa shape index (κ3) is 3.16. The lowest BCUT2D eigenvalue weighted by Crippen LogP contribution is -2.35. The Bertz CT molecular complexity index is 626. The van der Waals surface area contributed by atoms with Crippen LogP contribution in [0.3, 0.4) is 0 Å². The minimum absolute atomic E-state index is 0.118. The Morgan fingerprint density at radius 1 is 1.32 bits per heavy atom. The molecule has 19 heavy (non-hydrogen) atoms. The number of Topliss-reactive ketones (excluding diaryl/α,β-unsaturated/α-hetero) is 1. The summed E-state index contributed by atoms with van der Waals surface area (Å²) in [4.78, 5) is 14.3. The normalized spacial score (nSPS) is 12.6. The van der Waals surface area contributed by atoms with Gasteiger partial charge >= 0.3 is 5.71 Å². The lowest BCUT2D eigenvalue weighted by atomic mass is 10.1. The lowest BCUT2D eigenvalue weighted by Gasteiger charge is -2.11. The molecule has 0 saturated carbocycles. The molecule has 5 nitrogen and oxygen atoms in total. The van der Waals surface area contributed by atoms with E-state index in [4.69, 9.17) is 5.53 Å². The van der Waals surface area contributed by atoms with Gasteiger partial charge in [-0.15, -0.1) is 0 Å². The molecule has 0 bridgehead atoms. The first-order valence-corrected chi connectivity index (χ1v) is 7.42. The van der Waals surface area contributed by atoms with Crippen LogP contribution in [-0.2, 0) is 14.6 Å². The summed E-state index contributed by atoms with van der Waals surface area (Å²) >= 11 is 0. The van der Waals surface area contributed by atoms with E-state index in [1.54, 1.807) is 19.1 Å². The highest BCUT2D eigenvalue weighted by molar-refractivity contribution is 7.93. The van der Waals surface area contributed by atoms with Crippen LogP contribution in [0.2, 0.25) is 0 Å². The highest BCUT2D eigenvalue weighted by atomic mass is 32.2. The van der Waals surface area contributed by atoms with Crippen molar-refractivity contribution in [3.8, 4) is 0 Å².